The van der Waals surface area contributed by atoms with E-state index in [1.54, 1.807) is 0 Å². The van der Waals surface area contributed by atoms with Gasteiger partial charge in [-0.15, -0.1) is 0 Å². The summed E-state index contributed by atoms with van der Waals surface area (Å²) in [5, 5.41) is 10.1. The summed E-state index contributed by atoms with van der Waals surface area (Å²) in [6.45, 7) is 6.26. The van der Waals surface area contributed by atoms with Crippen LogP contribution in [0.5, 0.6) is 0 Å². The zero-order chi connectivity index (χ0) is 14.2. The van der Waals surface area contributed by atoms with Crippen molar-refractivity contribution in [1.82, 2.24) is 0 Å². The third-order valence-electron chi connectivity index (χ3n) is 5.37. The molecule has 1 fully saturated rings. The fourth-order valence-electron chi connectivity index (χ4n) is 4.00. The van der Waals surface area contributed by atoms with E-state index in [1.165, 1.54) is 7.11 Å². The van der Waals surface area contributed by atoms with E-state index in [-0.39, 0.29) is 18.0 Å². The lowest BCUT2D eigenvalue weighted by atomic mass is 9.59. The minimum Gasteiger partial charge on any atom is -0.469 e. The first-order valence-corrected chi connectivity index (χ1v) is 7.40. The normalized spacial score (nSPS) is 40.1. The molecule has 108 valence electrons. The van der Waals surface area contributed by atoms with Gasteiger partial charge in [-0.3, -0.25) is 4.79 Å². The lowest BCUT2D eigenvalue weighted by Gasteiger charge is -2.46. The van der Waals surface area contributed by atoms with Gasteiger partial charge < -0.3 is 9.84 Å². The van der Waals surface area contributed by atoms with E-state index >= 15 is 0 Å². The highest BCUT2D eigenvalue weighted by atomic mass is 16.5. The molecular formula is C16H26O3. The second-order valence-corrected chi connectivity index (χ2v) is 6.43. The van der Waals surface area contributed by atoms with Gasteiger partial charge in [0.1, 0.15) is 0 Å². The Morgan fingerprint density at radius 2 is 2.16 bits per heavy atom. The molecule has 3 heteroatoms. The smallest absolute Gasteiger partial charge is 0.308 e. The largest absolute Gasteiger partial charge is 0.469 e. The third kappa shape index (κ3) is 2.71. The van der Waals surface area contributed by atoms with Crippen molar-refractivity contribution >= 4 is 5.97 Å². The first-order chi connectivity index (χ1) is 8.95. The number of hydrogen-bond donors (Lipinski definition) is 1. The summed E-state index contributed by atoms with van der Waals surface area (Å²) in [7, 11) is 1.47. The van der Waals surface area contributed by atoms with Crippen molar-refractivity contribution in [1.29, 1.82) is 0 Å². The van der Waals surface area contributed by atoms with Gasteiger partial charge in [0.25, 0.3) is 0 Å². The zero-order valence-corrected chi connectivity index (χ0v) is 12.4. The number of carbonyl (C=O) groups excluding carboxylic acids is 1. The number of ether oxygens (including phenoxy) is 1. The Labute approximate surface area is 116 Å². The molecule has 2 aliphatic rings. The van der Waals surface area contributed by atoms with E-state index in [1.807, 2.05) is 13.8 Å². The monoisotopic (exact) mass is 266 g/mol. The Balaban J connectivity index is 2.24. The maximum atomic E-state index is 11.8. The van der Waals surface area contributed by atoms with Crippen LogP contribution in [0, 0.1) is 29.6 Å². The van der Waals surface area contributed by atoms with Crippen LogP contribution in [0.25, 0.3) is 0 Å². The molecule has 0 aromatic rings. The van der Waals surface area contributed by atoms with Crippen molar-refractivity contribution < 1.29 is 14.6 Å². The molecule has 2 rings (SSSR count). The molecule has 1 N–H and O–H groups in total. The number of rotatable bonds is 2. The van der Waals surface area contributed by atoms with E-state index in [0.717, 1.165) is 24.8 Å². The predicted molar refractivity (Wildman–Crippen MR) is 74.4 cm³/mol. The van der Waals surface area contributed by atoms with Crippen molar-refractivity contribution in [2.24, 2.45) is 29.6 Å². The third-order valence-corrected chi connectivity index (χ3v) is 5.37. The minimum atomic E-state index is -0.295. The standard InChI is InChI=1S/C16H26O3/c1-9-5-6-12(11(3)16(18)19-4)14-7-10(2)15(17)8-13(9)14/h7,9,11-15,17H,5-6,8H2,1-4H3/t9-,11?,12+,13+,14-,15-/m1/s1. The molecule has 0 radical (unpaired) electrons. The van der Waals surface area contributed by atoms with Gasteiger partial charge in [-0.25, -0.2) is 0 Å². The molecule has 6 atom stereocenters. The molecule has 3 nitrogen and oxygen atoms in total. The molecule has 1 unspecified atom stereocenters. The summed E-state index contributed by atoms with van der Waals surface area (Å²) in [6, 6.07) is 0. The average molecular weight is 266 g/mol. The molecule has 0 heterocycles. The second kappa shape index (κ2) is 5.66. The predicted octanol–water partition coefficient (Wildman–Crippen LogP) is 2.78. The highest BCUT2D eigenvalue weighted by Crippen LogP contribution is 2.48. The van der Waals surface area contributed by atoms with E-state index in [0.29, 0.717) is 23.7 Å². The van der Waals surface area contributed by atoms with Crippen LogP contribution in [-0.4, -0.2) is 24.3 Å². The summed E-state index contributed by atoms with van der Waals surface area (Å²) in [5.41, 5.74) is 1.07. The van der Waals surface area contributed by atoms with Crippen LogP contribution >= 0.6 is 0 Å². The van der Waals surface area contributed by atoms with Crippen LogP contribution in [0.1, 0.15) is 40.0 Å². The van der Waals surface area contributed by atoms with Crippen molar-refractivity contribution in [3.63, 3.8) is 0 Å². The highest BCUT2D eigenvalue weighted by Gasteiger charge is 2.43. The quantitative estimate of drug-likeness (QED) is 0.617. The molecule has 2 aliphatic carbocycles. The summed E-state index contributed by atoms with van der Waals surface area (Å²) in [5.74, 6) is 1.76. The van der Waals surface area contributed by atoms with Gasteiger partial charge in [-0.1, -0.05) is 26.3 Å². The number of hydrogen-bond acceptors (Lipinski definition) is 3. The average Bonchev–Trinajstić information content (AvgIpc) is 2.40. The number of allylic oxidation sites excluding steroid dienone is 1. The minimum absolute atomic E-state index is 0.0516. The number of esters is 1. The molecule has 0 spiro atoms. The van der Waals surface area contributed by atoms with Gasteiger partial charge >= 0.3 is 5.97 Å². The zero-order valence-electron chi connectivity index (χ0n) is 12.4. The number of aliphatic hydroxyl groups excluding tert-OH is 1. The molecule has 0 amide bonds. The highest BCUT2D eigenvalue weighted by molar-refractivity contribution is 5.72. The van der Waals surface area contributed by atoms with E-state index in [9.17, 15) is 9.90 Å². The van der Waals surface area contributed by atoms with Gasteiger partial charge in [0.2, 0.25) is 0 Å². The Kier molecular flexibility index (Phi) is 4.34. The number of carbonyl (C=O) groups is 1. The first kappa shape index (κ1) is 14.6. The lowest BCUT2D eigenvalue weighted by Crippen LogP contribution is -2.42. The second-order valence-electron chi connectivity index (χ2n) is 6.43. The van der Waals surface area contributed by atoms with Gasteiger partial charge in [0.15, 0.2) is 0 Å². The topological polar surface area (TPSA) is 46.5 Å². The van der Waals surface area contributed by atoms with Crippen LogP contribution in [0.3, 0.4) is 0 Å². The summed E-state index contributed by atoms with van der Waals surface area (Å²) in [6.07, 6.45) is 5.00. The van der Waals surface area contributed by atoms with Crippen LogP contribution < -0.4 is 0 Å². The fourth-order valence-corrected chi connectivity index (χ4v) is 4.00. The molecule has 1 saturated carbocycles. The summed E-state index contributed by atoms with van der Waals surface area (Å²) >= 11 is 0. The van der Waals surface area contributed by atoms with Crippen LogP contribution in [0.15, 0.2) is 11.6 Å². The number of fused-ring (bicyclic) bond motifs is 1. The molecule has 0 aromatic heterocycles. The van der Waals surface area contributed by atoms with Crippen LogP contribution in [-0.2, 0) is 9.53 Å². The van der Waals surface area contributed by atoms with Crippen molar-refractivity contribution in [3.8, 4) is 0 Å². The van der Waals surface area contributed by atoms with E-state index < -0.39 is 0 Å². The molecular weight excluding hydrogens is 240 g/mol. The van der Waals surface area contributed by atoms with E-state index in [2.05, 4.69) is 13.0 Å². The number of methoxy groups -OCH3 is 1. The van der Waals surface area contributed by atoms with E-state index in [4.69, 9.17) is 4.74 Å². The maximum absolute atomic E-state index is 11.8. The van der Waals surface area contributed by atoms with Gasteiger partial charge in [0, 0.05) is 0 Å². The Morgan fingerprint density at radius 1 is 1.47 bits per heavy atom. The van der Waals surface area contributed by atoms with Crippen molar-refractivity contribution in [3.05, 3.63) is 11.6 Å². The SMILES string of the molecule is COC(=O)C(C)[C@@H]1CC[C@@H](C)[C@@H]2C[C@@H](O)C(C)=C[C@@H]21. The van der Waals surface area contributed by atoms with Crippen LogP contribution in [0.4, 0.5) is 0 Å². The van der Waals surface area contributed by atoms with Gasteiger partial charge in [-0.2, -0.15) is 0 Å². The number of aliphatic hydroxyl groups is 1. The molecule has 0 saturated heterocycles. The summed E-state index contributed by atoms with van der Waals surface area (Å²) < 4.78 is 4.91. The van der Waals surface area contributed by atoms with Crippen molar-refractivity contribution in [2.75, 3.05) is 7.11 Å². The van der Waals surface area contributed by atoms with Gasteiger partial charge in [-0.05, 0) is 49.0 Å². The molecule has 19 heavy (non-hydrogen) atoms. The maximum Gasteiger partial charge on any atom is 0.308 e. The Bertz CT molecular complexity index is 374. The molecule has 0 aliphatic heterocycles. The van der Waals surface area contributed by atoms with Gasteiger partial charge in [0.05, 0.1) is 19.1 Å². The van der Waals surface area contributed by atoms with Crippen molar-refractivity contribution in [2.45, 2.75) is 46.1 Å². The summed E-state index contributed by atoms with van der Waals surface area (Å²) in [4.78, 5) is 11.8. The molecule has 0 aromatic carbocycles. The Hall–Kier alpha value is -0.830. The van der Waals surface area contributed by atoms with Crippen LogP contribution in [0.2, 0.25) is 0 Å². The molecule has 0 bridgehead atoms. The first-order valence-electron chi connectivity index (χ1n) is 7.40. The lowest BCUT2D eigenvalue weighted by molar-refractivity contribution is -0.148. The Morgan fingerprint density at radius 3 is 2.79 bits per heavy atom. The fraction of sp³-hybridized carbons (Fsp3) is 0.812.